The molecule has 0 amide bonds. The lowest BCUT2D eigenvalue weighted by Crippen LogP contribution is -2.29. The third-order valence-corrected chi connectivity index (χ3v) is 3.65. The van der Waals surface area contributed by atoms with Crippen molar-refractivity contribution in [2.75, 3.05) is 0 Å². The van der Waals surface area contributed by atoms with E-state index < -0.39 is 11.4 Å². The normalized spacial score (nSPS) is 34.5. The fourth-order valence-electron chi connectivity index (χ4n) is 2.15. The Balaban J connectivity index is 2.72. The number of carboxylic acid groups (broad SMARTS) is 1. The SMILES string of the molecule is CC(C)C1/C=C/CCC(C)(C(=O)O)CC1. The predicted octanol–water partition coefficient (Wildman–Crippen LogP) is 3.48. The highest BCUT2D eigenvalue weighted by atomic mass is 16.4. The molecule has 0 saturated heterocycles. The van der Waals surface area contributed by atoms with E-state index in [4.69, 9.17) is 0 Å². The molecule has 2 atom stereocenters. The van der Waals surface area contributed by atoms with Crippen molar-refractivity contribution < 1.29 is 9.90 Å². The molecule has 2 heteroatoms. The third-order valence-electron chi connectivity index (χ3n) is 3.65. The maximum absolute atomic E-state index is 11.2. The molecule has 1 aliphatic rings. The van der Waals surface area contributed by atoms with Gasteiger partial charge in [0, 0.05) is 0 Å². The van der Waals surface area contributed by atoms with Crippen LogP contribution in [-0.2, 0) is 4.79 Å². The van der Waals surface area contributed by atoms with Crippen molar-refractivity contribution in [2.24, 2.45) is 17.3 Å². The second-order valence-corrected chi connectivity index (χ2v) is 5.28. The lowest BCUT2D eigenvalue weighted by Gasteiger charge is -2.29. The van der Waals surface area contributed by atoms with Gasteiger partial charge in [0.25, 0.3) is 0 Å². The summed E-state index contributed by atoms with van der Waals surface area (Å²) < 4.78 is 0. The standard InChI is InChI=1S/C13H22O2/c1-10(2)11-6-4-5-8-13(3,9-7-11)12(14)15/h4,6,10-11H,5,7-9H2,1-3H3,(H,14,15)/b6-4+. The molecular weight excluding hydrogens is 188 g/mol. The molecular formula is C13H22O2. The highest BCUT2D eigenvalue weighted by Gasteiger charge is 2.33. The predicted molar refractivity (Wildman–Crippen MR) is 61.7 cm³/mol. The molecule has 0 fully saturated rings. The van der Waals surface area contributed by atoms with Gasteiger partial charge in [-0.15, -0.1) is 0 Å². The number of allylic oxidation sites excluding steroid dienone is 2. The van der Waals surface area contributed by atoms with Crippen LogP contribution in [-0.4, -0.2) is 11.1 Å². The van der Waals surface area contributed by atoms with E-state index in [0.717, 1.165) is 25.7 Å². The summed E-state index contributed by atoms with van der Waals surface area (Å²) in [5, 5.41) is 9.22. The molecule has 0 aromatic rings. The first kappa shape index (κ1) is 12.3. The maximum Gasteiger partial charge on any atom is 0.309 e. The Kier molecular flexibility index (Phi) is 3.95. The van der Waals surface area contributed by atoms with Gasteiger partial charge in [-0.25, -0.2) is 0 Å². The summed E-state index contributed by atoms with van der Waals surface area (Å²) in [5.74, 6) is 0.515. The maximum atomic E-state index is 11.2. The first-order chi connectivity index (χ1) is 6.96. The van der Waals surface area contributed by atoms with E-state index >= 15 is 0 Å². The number of aliphatic carboxylic acids is 1. The Bertz CT molecular complexity index is 255. The molecule has 0 aliphatic heterocycles. The topological polar surface area (TPSA) is 37.3 Å². The largest absolute Gasteiger partial charge is 0.481 e. The van der Waals surface area contributed by atoms with Crippen LogP contribution in [0.3, 0.4) is 0 Å². The van der Waals surface area contributed by atoms with Crippen LogP contribution in [0.4, 0.5) is 0 Å². The summed E-state index contributed by atoms with van der Waals surface area (Å²) in [4.78, 5) is 11.2. The molecule has 0 spiro atoms. The summed E-state index contributed by atoms with van der Waals surface area (Å²) >= 11 is 0. The number of rotatable bonds is 2. The Morgan fingerprint density at radius 3 is 2.67 bits per heavy atom. The van der Waals surface area contributed by atoms with Gasteiger partial charge in [-0.2, -0.15) is 0 Å². The van der Waals surface area contributed by atoms with E-state index in [1.807, 2.05) is 6.92 Å². The Morgan fingerprint density at radius 1 is 1.47 bits per heavy atom. The monoisotopic (exact) mass is 210 g/mol. The Hall–Kier alpha value is -0.790. The molecule has 86 valence electrons. The number of carboxylic acids is 1. The fourth-order valence-corrected chi connectivity index (χ4v) is 2.15. The van der Waals surface area contributed by atoms with Gasteiger partial charge < -0.3 is 5.11 Å². The second kappa shape index (κ2) is 4.82. The van der Waals surface area contributed by atoms with Crippen LogP contribution < -0.4 is 0 Å². The molecule has 0 aromatic heterocycles. The summed E-state index contributed by atoms with van der Waals surface area (Å²) in [6.07, 6.45) is 7.89. The van der Waals surface area contributed by atoms with Gasteiger partial charge in [0.1, 0.15) is 0 Å². The van der Waals surface area contributed by atoms with Crippen LogP contribution in [0.1, 0.15) is 46.5 Å². The highest BCUT2D eigenvalue weighted by Crippen LogP contribution is 2.35. The molecule has 1 N–H and O–H groups in total. The van der Waals surface area contributed by atoms with Gasteiger partial charge in [0.15, 0.2) is 0 Å². The zero-order valence-electron chi connectivity index (χ0n) is 9.99. The molecule has 15 heavy (non-hydrogen) atoms. The number of carbonyl (C=O) groups is 1. The van der Waals surface area contributed by atoms with Gasteiger partial charge >= 0.3 is 5.97 Å². The van der Waals surface area contributed by atoms with Crippen LogP contribution in [0.5, 0.6) is 0 Å². The van der Waals surface area contributed by atoms with Crippen molar-refractivity contribution in [3.05, 3.63) is 12.2 Å². The van der Waals surface area contributed by atoms with Gasteiger partial charge in [0.2, 0.25) is 0 Å². The molecule has 0 heterocycles. The van der Waals surface area contributed by atoms with Crippen molar-refractivity contribution >= 4 is 5.97 Å². The Labute approximate surface area is 92.4 Å². The molecule has 1 rings (SSSR count). The van der Waals surface area contributed by atoms with Gasteiger partial charge in [-0.1, -0.05) is 26.0 Å². The van der Waals surface area contributed by atoms with E-state index in [0.29, 0.717) is 11.8 Å². The van der Waals surface area contributed by atoms with E-state index in [1.54, 1.807) is 0 Å². The summed E-state index contributed by atoms with van der Waals surface area (Å²) in [6.45, 7) is 6.29. The minimum Gasteiger partial charge on any atom is -0.481 e. The van der Waals surface area contributed by atoms with Gasteiger partial charge in [-0.05, 0) is 44.4 Å². The molecule has 2 unspecified atom stereocenters. The molecule has 0 radical (unpaired) electrons. The highest BCUT2D eigenvalue weighted by molar-refractivity contribution is 5.74. The number of hydrogen-bond acceptors (Lipinski definition) is 1. The summed E-state index contributed by atoms with van der Waals surface area (Å²) in [6, 6.07) is 0. The van der Waals surface area contributed by atoms with Crippen molar-refractivity contribution in [1.29, 1.82) is 0 Å². The average molecular weight is 210 g/mol. The Morgan fingerprint density at radius 2 is 2.13 bits per heavy atom. The number of hydrogen-bond donors (Lipinski definition) is 1. The molecule has 2 nitrogen and oxygen atoms in total. The quantitative estimate of drug-likeness (QED) is 0.708. The van der Waals surface area contributed by atoms with Crippen LogP contribution in [0.15, 0.2) is 12.2 Å². The summed E-state index contributed by atoms with van der Waals surface area (Å²) in [7, 11) is 0. The van der Waals surface area contributed by atoms with Gasteiger partial charge in [0.05, 0.1) is 5.41 Å². The first-order valence-corrected chi connectivity index (χ1v) is 5.86. The second-order valence-electron chi connectivity index (χ2n) is 5.28. The van der Waals surface area contributed by atoms with Crippen LogP contribution in [0.25, 0.3) is 0 Å². The van der Waals surface area contributed by atoms with E-state index in [9.17, 15) is 9.90 Å². The molecule has 0 aromatic carbocycles. The van der Waals surface area contributed by atoms with Crippen molar-refractivity contribution in [1.82, 2.24) is 0 Å². The van der Waals surface area contributed by atoms with Crippen LogP contribution in [0, 0.1) is 17.3 Å². The zero-order chi connectivity index (χ0) is 11.5. The first-order valence-electron chi connectivity index (χ1n) is 5.86. The minimum absolute atomic E-state index is 0.516. The minimum atomic E-state index is -0.639. The smallest absolute Gasteiger partial charge is 0.309 e. The van der Waals surface area contributed by atoms with E-state index in [1.165, 1.54) is 0 Å². The van der Waals surface area contributed by atoms with Crippen LogP contribution in [0.2, 0.25) is 0 Å². The molecule has 1 aliphatic carbocycles. The van der Waals surface area contributed by atoms with Gasteiger partial charge in [-0.3, -0.25) is 4.79 Å². The zero-order valence-corrected chi connectivity index (χ0v) is 9.99. The van der Waals surface area contributed by atoms with Crippen molar-refractivity contribution in [2.45, 2.75) is 46.5 Å². The fraction of sp³-hybridized carbons (Fsp3) is 0.769. The van der Waals surface area contributed by atoms with E-state index in [2.05, 4.69) is 26.0 Å². The van der Waals surface area contributed by atoms with Crippen LogP contribution >= 0.6 is 0 Å². The van der Waals surface area contributed by atoms with Crippen molar-refractivity contribution in [3.63, 3.8) is 0 Å². The van der Waals surface area contributed by atoms with Crippen molar-refractivity contribution in [3.8, 4) is 0 Å². The summed E-state index contributed by atoms with van der Waals surface area (Å²) in [5.41, 5.74) is -0.516. The average Bonchev–Trinajstić information content (AvgIpc) is 2.11. The molecule has 0 bridgehead atoms. The molecule has 0 saturated carbocycles. The van der Waals surface area contributed by atoms with E-state index in [-0.39, 0.29) is 0 Å². The third kappa shape index (κ3) is 3.08. The lowest BCUT2D eigenvalue weighted by atomic mass is 9.75. The lowest BCUT2D eigenvalue weighted by molar-refractivity contribution is -0.149.